The third-order valence-electron chi connectivity index (χ3n) is 5.45. The molecule has 0 aliphatic heterocycles. The van der Waals surface area contributed by atoms with Gasteiger partial charge in [-0.3, -0.25) is 0 Å². The van der Waals surface area contributed by atoms with E-state index in [-0.39, 0.29) is 21.4 Å². The lowest BCUT2D eigenvalue weighted by Crippen LogP contribution is -2.56. The van der Waals surface area contributed by atoms with Gasteiger partial charge in [0.05, 0.1) is 12.8 Å². The van der Waals surface area contributed by atoms with Gasteiger partial charge in [-0.25, -0.2) is 31.5 Å². The molecule has 184 valence electrons. The molecule has 0 bridgehead atoms. The van der Waals surface area contributed by atoms with Gasteiger partial charge in [-0.1, -0.05) is 6.92 Å². The van der Waals surface area contributed by atoms with E-state index in [0.29, 0.717) is 12.6 Å². The third-order valence-corrected chi connectivity index (χ3v) is 7.19. The second kappa shape index (κ2) is 7.81. The molecular formula is C18H17F8N3O3S. The summed E-state index contributed by atoms with van der Waals surface area (Å²) < 4.78 is 132. The first kappa shape index (κ1) is 25.2. The van der Waals surface area contributed by atoms with Gasteiger partial charge in [0.15, 0.2) is 21.2 Å². The van der Waals surface area contributed by atoms with Crippen LogP contribution in [0.2, 0.25) is 0 Å². The molecule has 3 rings (SSSR count). The Balaban J connectivity index is 2.23. The van der Waals surface area contributed by atoms with Crippen molar-refractivity contribution in [1.29, 1.82) is 0 Å². The number of hydrogen-bond donors (Lipinski definition) is 0. The highest BCUT2D eigenvalue weighted by Gasteiger charge is 2.78. The molecular weight excluding hydrogens is 490 g/mol. The molecule has 1 aliphatic carbocycles. The van der Waals surface area contributed by atoms with Crippen LogP contribution < -0.4 is 4.73 Å². The number of hydrogen-bond acceptors (Lipinski definition) is 4. The summed E-state index contributed by atoms with van der Waals surface area (Å²) in [6.45, 7) is 1.27. The van der Waals surface area contributed by atoms with E-state index in [1.807, 2.05) is 0 Å². The van der Waals surface area contributed by atoms with Gasteiger partial charge < -0.3 is 5.21 Å². The number of imidazole rings is 1. The van der Waals surface area contributed by atoms with Crippen LogP contribution in [0.15, 0.2) is 23.4 Å². The van der Waals surface area contributed by atoms with Crippen molar-refractivity contribution >= 4 is 9.84 Å². The van der Waals surface area contributed by atoms with Crippen molar-refractivity contribution in [2.75, 3.05) is 5.75 Å². The highest BCUT2D eigenvalue weighted by molar-refractivity contribution is 7.91. The van der Waals surface area contributed by atoms with Crippen LogP contribution in [0.3, 0.4) is 0 Å². The maximum Gasteiger partial charge on any atom is 0.435 e. The van der Waals surface area contributed by atoms with Gasteiger partial charge in [0.1, 0.15) is 11.1 Å². The van der Waals surface area contributed by atoms with Gasteiger partial charge in [0, 0.05) is 6.20 Å². The zero-order valence-corrected chi connectivity index (χ0v) is 17.8. The zero-order chi connectivity index (χ0) is 25.1. The van der Waals surface area contributed by atoms with Crippen molar-refractivity contribution in [3.63, 3.8) is 0 Å². The van der Waals surface area contributed by atoms with Crippen molar-refractivity contribution in [2.24, 2.45) is 7.05 Å². The minimum absolute atomic E-state index is 0.00929. The molecule has 0 amide bonds. The maximum absolute atomic E-state index is 14.6. The van der Waals surface area contributed by atoms with Crippen molar-refractivity contribution in [3.05, 3.63) is 34.9 Å². The lowest BCUT2D eigenvalue weighted by atomic mass is 9.96. The van der Waals surface area contributed by atoms with Gasteiger partial charge in [-0.15, -0.1) is 0 Å². The predicted octanol–water partition coefficient (Wildman–Crippen LogP) is 4.24. The minimum atomic E-state index is -6.70. The summed E-state index contributed by atoms with van der Waals surface area (Å²) in [5, 5.41) is 12.4. The standard InChI is InChI=1S/C18H17F8N3O3S/c1-3-33(31,32)12-6-10(9-4-5-9)7-27-13(12)15-28(2)11(8-29(15)30)14(19)16(20,17(21,22)23)18(24,25)26/h6-9,14H,3-5H2,1-2H3. The average molecular weight is 507 g/mol. The smallest absolute Gasteiger partial charge is 0.435 e. The summed E-state index contributed by atoms with van der Waals surface area (Å²) in [4.78, 5) is 3.40. The Morgan fingerprint density at radius 2 is 1.73 bits per heavy atom. The van der Waals surface area contributed by atoms with E-state index >= 15 is 0 Å². The Hall–Kier alpha value is -2.45. The highest BCUT2D eigenvalue weighted by Crippen LogP contribution is 2.54. The molecule has 1 saturated carbocycles. The van der Waals surface area contributed by atoms with Gasteiger partial charge in [-0.2, -0.15) is 26.3 Å². The molecule has 2 aromatic rings. The first-order valence-corrected chi connectivity index (χ1v) is 11.1. The zero-order valence-electron chi connectivity index (χ0n) is 17.0. The van der Waals surface area contributed by atoms with Crippen LogP contribution in [0.1, 0.15) is 43.1 Å². The molecule has 6 nitrogen and oxygen atoms in total. The fourth-order valence-corrected chi connectivity index (χ4v) is 4.41. The molecule has 0 aromatic carbocycles. The summed E-state index contributed by atoms with van der Waals surface area (Å²) in [5.41, 5.74) is -8.03. The predicted molar refractivity (Wildman–Crippen MR) is 97.1 cm³/mol. The second-order valence-electron chi connectivity index (χ2n) is 7.63. The van der Waals surface area contributed by atoms with E-state index in [0.717, 1.165) is 12.8 Å². The van der Waals surface area contributed by atoms with Gasteiger partial charge in [0.2, 0.25) is 6.17 Å². The Morgan fingerprint density at radius 1 is 1.18 bits per heavy atom. The molecule has 1 atom stereocenters. The number of aromatic nitrogens is 3. The van der Waals surface area contributed by atoms with Crippen molar-refractivity contribution in [1.82, 2.24) is 9.55 Å². The third kappa shape index (κ3) is 4.04. The van der Waals surface area contributed by atoms with Crippen molar-refractivity contribution in [2.45, 2.75) is 54.8 Å². The summed E-state index contributed by atoms with van der Waals surface area (Å²) in [7, 11) is -3.37. The molecule has 2 heterocycles. The fraction of sp³-hybridized carbons (Fsp3) is 0.556. The largest absolute Gasteiger partial charge is 0.710 e. The molecule has 0 spiro atoms. The van der Waals surface area contributed by atoms with E-state index in [1.54, 1.807) is 0 Å². The van der Waals surface area contributed by atoms with Crippen LogP contribution in [-0.4, -0.2) is 41.7 Å². The Morgan fingerprint density at radius 3 is 2.18 bits per heavy atom. The van der Waals surface area contributed by atoms with Gasteiger partial charge in [0.25, 0.3) is 0 Å². The Labute approximate surface area is 182 Å². The Bertz CT molecular complexity index is 1160. The molecule has 0 saturated heterocycles. The lowest BCUT2D eigenvalue weighted by molar-refractivity contribution is -0.593. The number of sulfone groups is 1. The van der Waals surface area contributed by atoms with E-state index in [4.69, 9.17) is 0 Å². The molecule has 2 aromatic heterocycles. The monoisotopic (exact) mass is 507 g/mol. The highest BCUT2D eigenvalue weighted by atomic mass is 32.2. The molecule has 1 fully saturated rings. The lowest BCUT2D eigenvalue weighted by Gasteiger charge is -2.31. The quantitative estimate of drug-likeness (QED) is 0.333. The Kier molecular flexibility index (Phi) is 5.96. The number of halogens is 8. The number of nitrogens with zero attached hydrogens (tertiary/aromatic N) is 3. The SMILES string of the molecule is CCS(=O)(=O)c1cc(C2CC2)cnc1-c1n(C)c(C(F)C(F)(C(F)(F)F)C(F)(F)F)c[n+]1[O-]. The summed E-state index contributed by atoms with van der Waals surface area (Å²) in [6, 6.07) is 1.21. The molecule has 0 N–H and O–H groups in total. The van der Waals surface area contributed by atoms with Crippen LogP contribution in [0.25, 0.3) is 11.5 Å². The first-order chi connectivity index (χ1) is 15.0. The number of pyridine rings is 1. The van der Waals surface area contributed by atoms with E-state index in [1.165, 1.54) is 19.2 Å². The van der Waals surface area contributed by atoms with Crippen LogP contribution in [0.4, 0.5) is 35.1 Å². The second-order valence-corrected chi connectivity index (χ2v) is 9.87. The average Bonchev–Trinajstić information content (AvgIpc) is 3.50. The van der Waals surface area contributed by atoms with Crippen LogP contribution in [0.5, 0.6) is 0 Å². The number of alkyl halides is 8. The molecule has 1 unspecified atom stereocenters. The van der Waals surface area contributed by atoms with Crippen LogP contribution in [0, 0.1) is 5.21 Å². The summed E-state index contributed by atoms with van der Waals surface area (Å²) in [6.07, 6.45) is -15.1. The van der Waals surface area contributed by atoms with Gasteiger partial charge in [-0.05, 0) is 30.4 Å². The topological polar surface area (TPSA) is 78.9 Å². The molecule has 1 aliphatic rings. The van der Waals surface area contributed by atoms with E-state index < -0.39 is 61.9 Å². The van der Waals surface area contributed by atoms with E-state index in [2.05, 4.69) is 4.98 Å². The molecule has 33 heavy (non-hydrogen) atoms. The minimum Gasteiger partial charge on any atom is -0.710 e. The van der Waals surface area contributed by atoms with E-state index in [9.17, 15) is 48.7 Å². The summed E-state index contributed by atoms with van der Waals surface area (Å²) >= 11 is 0. The first-order valence-electron chi connectivity index (χ1n) is 9.45. The van der Waals surface area contributed by atoms with Crippen LogP contribution in [-0.2, 0) is 16.9 Å². The molecule has 15 heteroatoms. The number of rotatable bonds is 6. The van der Waals surface area contributed by atoms with Crippen molar-refractivity contribution in [3.8, 4) is 11.5 Å². The molecule has 0 radical (unpaired) electrons. The maximum atomic E-state index is 14.6. The van der Waals surface area contributed by atoms with Crippen LogP contribution >= 0.6 is 0 Å². The fourth-order valence-electron chi connectivity index (χ4n) is 3.35. The summed E-state index contributed by atoms with van der Waals surface area (Å²) in [5.74, 6) is -1.32. The normalized spacial score (nSPS) is 16.8. The van der Waals surface area contributed by atoms with Gasteiger partial charge >= 0.3 is 23.8 Å². The van der Waals surface area contributed by atoms with Crippen molar-refractivity contribution < 1.29 is 48.3 Å².